The molecule has 0 heterocycles. The number of halogens is 1. The number of hydrogen-bond donors (Lipinski definition) is 0. The summed E-state index contributed by atoms with van der Waals surface area (Å²) in [6.45, 7) is 0. The van der Waals surface area contributed by atoms with Crippen molar-refractivity contribution in [2.75, 3.05) is 7.11 Å². The second kappa shape index (κ2) is 3.93. The Labute approximate surface area is 93.0 Å². The molecule has 1 atom stereocenters. The minimum absolute atomic E-state index is 0.0196. The summed E-state index contributed by atoms with van der Waals surface area (Å²) in [5.74, 6) is -0.593. The number of ether oxygens (including phenoxy) is 1. The van der Waals surface area contributed by atoms with Crippen LogP contribution in [0.15, 0.2) is 54.3 Å². The monoisotopic (exact) mass is 218 g/mol. The van der Waals surface area contributed by atoms with E-state index in [9.17, 15) is 9.18 Å². The molecule has 0 unspecified atom stereocenters. The summed E-state index contributed by atoms with van der Waals surface area (Å²) in [7, 11) is 1.36. The van der Waals surface area contributed by atoms with Gasteiger partial charge in [-0.3, -0.25) is 4.79 Å². The first-order chi connectivity index (χ1) is 7.69. The van der Waals surface area contributed by atoms with Gasteiger partial charge in [0.1, 0.15) is 5.76 Å². The number of carbonyl (C=O) groups is 1. The first-order valence-corrected chi connectivity index (χ1v) is 4.91. The van der Waals surface area contributed by atoms with Crippen LogP contribution in [0.3, 0.4) is 0 Å². The zero-order valence-corrected chi connectivity index (χ0v) is 8.81. The molecule has 2 rings (SSSR count). The Morgan fingerprint density at radius 1 is 1.25 bits per heavy atom. The molecule has 1 aliphatic rings. The van der Waals surface area contributed by atoms with Crippen LogP contribution in [0.2, 0.25) is 0 Å². The highest BCUT2D eigenvalue weighted by Crippen LogP contribution is 2.37. The molecule has 2 nitrogen and oxygen atoms in total. The highest BCUT2D eigenvalue weighted by atomic mass is 19.1. The summed E-state index contributed by atoms with van der Waals surface area (Å²) in [5, 5.41) is 0. The summed E-state index contributed by atoms with van der Waals surface area (Å²) in [4.78, 5) is 11.7. The predicted molar refractivity (Wildman–Crippen MR) is 58.5 cm³/mol. The maximum Gasteiger partial charge on any atom is 0.253 e. The molecule has 0 saturated heterocycles. The third-order valence-electron chi connectivity index (χ3n) is 2.57. The highest BCUT2D eigenvalue weighted by molar-refractivity contribution is 6.01. The topological polar surface area (TPSA) is 26.3 Å². The smallest absolute Gasteiger partial charge is 0.253 e. The molecule has 0 N–H and O–H groups in total. The van der Waals surface area contributed by atoms with Gasteiger partial charge in [0.25, 0.3) is 5.67 Å². The number of carbonyl (C=O) groups excluding carboxylic acids is 1. The van der Waals surface area contributed by atoms with E-state index < -0.39 is 11.5 Å². The van der Waals surface area contributed by atoms with Crippen molar-refractivity contribution in [3.05, 3.63) is 59.9 Å². The molecule has 0 spiro atoms. The molecule has 3 heteroatoms. The Bertz CT molecular complexity index is 462. The van der Waals surface area contributed by atoms with Crippen molar-refractivity contribution in [3.63, 3.8) is 0 Å². The fraction of sp³-hybridized carbons (Fsp3) is 0.154. The fourth-order valence-corrected chi connectivity index (χ4v) is 1.74. The number of benzene rings is 1. The Kier molecular flexibility index (Phi) is 2.60. The Hall–Kier alpha value is -1.90. The van der Waals surface area contributed by atoms with Crippen molar-refractivity contribution in [3.8, 4) is 0 Å². The number of rotatable bonds is 2. The predicted octanol–water partition coefficient (Wildman–Crippen LogP) is 2.52. The Morgan fingerprint density at radius 2 is 1.94 bits per heavy atom. The molecule has 1 aromatic rings. The van der Waals surface area contributed by atoms with Crippen LogP contribution in [0, 0.1) is 0 Å². The van der Waals surface area contributed by atoms with E-state index in [1.54, 1.807) is 30.3 Å². The zero-order chi connectivity index (χ0) is 11.6. The normalized spacial score (nSPS) is 24.1. The summed E-state index contributed by atoms with van der Waals surface area (Å²) in [5.41, 5.74) is -1.90. The average Bonchev–Trinajstić information content (AvgIpc) is 2.34. The van der Waals surface area contributed by atoms with Crippen LogP contribution in [0.25, 0.3) is 0 Å². The standard InChI is InChI=1S/C13H11FO2/c1-16-12-9-5-8-11(15)13(12,14)10-6-3-2-4-7-10/h2-9H,1H3/t13-/m0/s1. The van der Waals surface area contributed by atoms with Gasteiger partial charge in [-0.15, -0.1) is 0 Å². The van der Waals surface area contributed by atoms with Crippen LogP contribution < -0.4 is 0 Å². The summed E-state index contributed by atoms with van der Waals surface area (Å²) in [6.07, 6.45) is 4.17. The number of allylic oxidation sites excluding steroid dienone is 4. The van der Waals surface area contributed by atoms with Crippen molar-refractivity contribution in [1.29, 1.82) is 0 Å². The molecule has 1 aromatic carbocycles. The second-order valence-electron chi connectivity index (χ2n) is 3.48. The molecule has 82 valence electrons. The van der Waals surface area contributed by atoms with E-state index in [-0.39, 0.29) is 11.3 Å². The van der Waals surface area contributed by atoms with E-state index in [4.69, 9.17) is 4.74 Å². The van der Waals surface area contributed by atoms with E-state index in [0.29, 0.717) is 0 Å². The highest BCUT2D eigenvalue weighted by Gasteiger charge is 2.45. The third-order valence-corrected chi connectivity index (χ3v) is 2.57. The fourth-order valence-electron chi connectivity index (χ4n) is 1.74. The minimum atomic E-state index is -2.19. The lowest BCUT2D eigenvalue weighted by atomic mass is 9.86. The lowest BCUT2D eigenvalue weighted by Crippen LogP contribution is -2.34. The molecule has 0 saturated carbocycles. The molecule has 0 aliphatic heterocycles. The van der Waals surface area contributed by atoms with Crippen LogP contribution in [-0.2, 0) is 15.2 Å². The molecular weight excluding hydrogens is 207 g/mol. The first-order valence-electron chi connectivity index (χ1n) is 4.91. The lowest BCUT2D eigenvalue weighted by molar-refractivity contribution is -0.126. The summed E-state index contributed by atoms with van der Waals surface area (Å²) in [6, 6.07) is 8.30. The molecule has 0 fully saturated rings. The van der Waals surface area contributed by atoms with Gasteiger partial charge in [-0.2, -0.15) is 0 Å². The van der Waals surface area contributed by atoms with Gasteiger partial charge in [0.2, 0.25) is 5.78 Å². The summed E-state index contributed by atoms with van der Waals surface area (Å²) >= 11 is 0. The minimum Gasteiger partial charge on any atom is -0.497 e. The van der Waals surface area contributed by atoms with Crippen molar-refractivity contribution in [2.45, 2.75) is 5.67 Å². The van der Waals surface area contributed by atoms with Gasteiger partial charge in [0.05, 0.1) is 7.11 Å². The van der Waals surface area contributed by atoms with Crippen LogP contribution in [-0.4, -0.2) is 12.9 Å². The molecule has 0 amide bonds. The maximum absolute atomic E-state index is 14.8. The van der Waals surface area contributed by atoms with Gasteiger partial charge in [0.15, 0.2) is 0 Å². The Morgan fingerprint density at radius 3 is 2.56 bits per heavy atom. The first kappa shape index (κ1) is 10.6. The van der Waals surface area contributed by atoms with E-state index in [1.807, 2.05) is 0 Å². The molecule has 16 heavy (non-hydrogen) atoms. The lowest BCUT2D eigenvalue weighted by Gasteiger charge is -2.26. The largest absolute Gasteiger partial charge is 0.497 e. The number of hydrogen-bond acceptors (Lipinski definition) is 2. The number of alkyl halides is 1. The second-order valence-corrected chi connectivity index (χ2v) is 3.48. The van der Waals surface area contributed by atoms with E-state index in [2.05, 4.69) is 0 Å². The van der Waals surface area contributed by atoms with Crippen molar-refractivity contribution in [2.24, 2.45) is 0 Å². The zero-order valence-electron chi connectivity index (χ0n) is 8.81. The van der Waals surface area contributed by atoms with Crippen molar-refractivity contribution < 1.29 is 13.9 Å². The van der Waals surface area contributed by atoms with E-state index in [0.717, 1.165) is 0 Å². The molecule has 0 aromatic heterocycles. The van der Waals surface area contributed by atoms with Crippen LogP contribution in [0.4, 0.5) is 4.39 Å². The van der Waals surface area contributed by atoms with Gasteiger partial charge in [-0.05, 0) is 12.2 Å². The van der Waals surface area contributed by atoms with Gasteiger partial charge in [-0.25, -0.2) is 4.39 Å². The number of ketones is 1. The SMILES string of the molecule is COC1=CC=CC(=O)[C@@]1(F)c1ccccc1. The molecule has 1 aliphatic carbocycles. The van der Waals surface area contributed by atoms with E-state index in [1.165, 1.54) is 25.3 Å². The van der Waals surface area contributed by atoms with Crippen LogP contribution in [0.5, 0.6) is 0 Å². The maximum atomic E-state index is 14.8. The number of methoxy groups -OCH3 is 1. The van der Waals surface area contributed by atoms with E-state index >= 15 is 0 Å². The van der Waals surface area contributed by atoms with Gasteiger partial charge in [-0.1, -0.05) is 36.4 Å². The Balaban J connectivity index is 2.55. The van der Waals surface area contributed by atoms with Crippen LogP contribution in [0.1, 0.15) is 5.56 Å². The van der Waals surface area contributed by atoms with Gasteiger partial charge in [0, 0.05) is 5.56 Å². The van der Waals surface area contributed by atoms with Crippen molar-refractivity contribution >= 4 is 5.78 Å². The average molecular weight is 218 g/mol. The van der Waals surface area contributed by atoms with Crippen LogP contribution >= 0.6 is 0 Å². The van der Waals surface area contributed by atoms with Gasteiger partial charge >= 0.3 is 0 Å². The quantitative estimate of drug-likeness (QED) is 0.762. The summed E-state index contributed by atoms with van der Waals surface area (Å²) < 4.78 is 19.7. The van der Waals surface area contributed by atoms with Gasteiger partial charge < -0.3 is 4.74 Å². The third kappa shape index (κ3) is 1.45. The molecule has 0 radical (unpaired) electrons. The molecule has 0 bridgehead atoms. The van der Waals surface area contributed by atoms with Crippen molar-refractivity contribution in [1.82, 2.24) is 0 Å². The molecular formula is C13H11FO2.